The first-order valence-corrected chi connectivity index (χ1v) is 5.30. The minimum Gasteiger partial charge on any atom is -0.417 e. The number of fused-ring (bicyclic) bond motifs is 1. The van der Waals surface area contributed by atoms with Crippen molar-refractivity contribution in [1.29, 1.82) is 5.26 Å². The Kier molecular flexibility index (Phi) is 2.71. The topological polar surface area (TPSA) is 38.0 Å². The van der Waals surface area contributed by atoms with Crippen molar-refractivity contribution >= 4 is 34.1 Å². The molecule has 0 N–H and O–H groups in total. The van der Waals surface area contributed by atoms with Crippen molar-refractivity contribution in [2.45, 2.75) is 6.92 Å². The second-order valence-corrected chi connectivity index (χ2v) is 4.17. The molecule has 5 heteroatoms. The summed E-state index contributed by atoms with van der Waals surface area (Å²) >= 11 is 12.0. The molecule has 1 heterocycles. The van der Waals surface area contributed by atoms with Crippen LogP contribution in [0.1, 0.15) is 11.3 Å². The molecule has 82 valence electrons. The SMILES string of the molecule is COn1c(C)c(C#N)c2c(Cl)cc(Cl)cc21. The van der Waals surface area contributed by atoms with E-state index in [4.69, 9.17) is 33.3 Å². The lowest BCUT2D eigenvalue weighted by Crippen LogP contribution is -2.07. The van der Waals surface area contributed by atoms with Crippen molar-refractivity contribution in [3.8, 4) is 6.07 Å². The molecule has 0 saturated carbocycles. The third kappa shape index (κ3) is 1.42. The molecule has 0 aliphatic carbocycles. The highest BCUT2D eigenvalue weighted by Crippen LogP contribution is 2.33. The van der Waals surface area contributed by atoms with Crippen LogP contribution in [0.4, 0.5) is 0 Å². The first-order chi connectivity index (χ1) is 7.60. The molecule has 1 aromatic carbocycles. The number of nitriles is 1. The fourth-order valence-corrected chi connectivity index (χ4v) is 2.38. The van der Waals surface area contributed by atoms with Crippen molar-refractivity contribution in [2.24, 2.45) is 0 Å². The van der Waals surface area contributed by atoms with Crippen LogP contribution >= 0.6 is 23.2 Å². The van der Waals surface area contributed by atoms with Crippen molar-refractivity contribution in [3.63, 3.8) is 0 Å². The van der Waals surface area contributed by atoms with Crippen LogP contribution in [-0.2, 0) is 0 Å². The summed E-state index contributed by atoms with van der Waals surface area (Å²) in [4.78, 5) is 5.20. The van der Waals surface area contributed by atoms with Crippen LogP contribution in [-0.4, -0.2) is 11.8 Å². The van der Waals surface area contributed by atoms with Gasteiger partial charge < -0.3 is 4.84 Å². The molecule has 0 aliphatic heterocycles. The van der Waals surface area contributed by atoms with E-state index in [1.807, 2.05) is 0 Å². The van der Waals surface area contributed by atoms with Gasteiger partial charge in [0.25, 0.3) is 0 Å². The summed E-state index contributed by atoms with van der Waals surface area (Å²) in [5.41, 5.74) is 1.93. The molecule has 0 atom stereocenters. The fourth-order valence-electron chi connectivity index (χ4n) is 1.80. The van der Waals surface area contributed by atoms with Crippen LogP contribution in [0.5, 0.6) is 0 Å². The molecule has 3 nitrogen and oxygen atoms in total. The van der Waals surface area contributed by atoms with Crippen molar-refractivity contribution in [2.75, 3.05) is 7.11 Å². The first kappa shape index (κ1) is 11.1. The largest absolute Gasteiger partial charge is 0.417 e. The fraction of sp³-hybridized carbons (Fsp3) is 0.182. The number of hydrogen-bond donors (Lipinski definition) is 0. The van der Waals surface area contributed by atoms with Gasteiger partial charge in [0.05, 0.1) is 21.8 Å². The Morgan fingerprint density at radius 2 is 2.06 bits per heavy atom. The van der Waals surface area contributed by atoms with E-state index in [2.05, 4.69) is 6.07 Å². The molecule has 0 amide bonds. The summed E-state index contributed by atoms with van der Waals surface area (Å²) in [5, 5.41) is 10.8. The standard InChI is InChI=1S/C11H8Cl2N2O/c1-6-8(5-14)11-9(13)3-7(12)4-10(11)15(6)16-2/h3-4H,1-2H3. The molecule has 0 fully saturated rings. The summed E-state index contributed by atoms with van der Waals surface area (Å²) in [7, 11) is 1.53. The summed E-state index contributed by atoms with van der Waals surface area (Å²) in [6.45, 7) is 1.80. The van der Waals surface area contributed by atoms with E-state index in [1.165, 1.54) is 7.11 Å². The minimum absolute atomic E-state index is 0.456. The third-order valence-corrected chi connectivity index (χ3v) is 2.98. The average molecular weight is 255 g/mol. The zero-order chi connectivity index (χ0) is 11.9. The van der Waals surface area contributed by atoms with Gasteiger partial charge in [-0.1, -0.05) is 23.2 Å². The molecule has 2 aromatic rings. The first-order valence-electron chi connectivity index (χ1n) is 4.54. The maximum atomic E-state index is 9.11. The average Bonchev–Trinajstić information content (AvgIpc) is 2.49. The molecule has 0 unspecified atom stereocenters. The van der Waals surface area contributed by atoms with Crippen LogP contribution in [0.25, 0.3) is 10.9 Å². The summed E-state index contributed by atoms with van der Waals surface area (Å²) in [6, 6.07) is 5.46. The number of benzene rings is 1. The maximum absolute atomic E-state index is 9.11. The smallest absolute Gasteiger partial charge is 0.104 e. The Morgan fingerprint density at radius 1 is 1.38 bits per heavy atom. The highest BCUT2D eigenvalue weighted by molar-refractivity contribution is 6.39. The molecule has 0 radical (unpaired) electrons. The number of hydrogen-bond acceptors (Lipinski definition) is 2. The number of nitrogens with zero attached hydrogens (tertiary/aromatic N) is 2. The van der Waals surface area contributed by atoms with E-state index < -0.39 is 0 Å². The highest BCUT2D eigenvalue weighted by atomic mass is 35.5. The van der Waals surface area contributed by atoms with Gasteiger partial charge in [0.15, 0.2) is 0 Å². The number of rotatable bonds is 1. The van der Waals surface area contributed by atoms with Gasteiger partial charge in [-0.15, -0.1) is 0 Å². The second-order valence-electron chi connectivity index (χ2n) is 3.33. The maximum Gasteiger partial charge on any atom is 0.104 e. The summed E-state index contributed by atoms with van der Waals surface area (Å²) < 4.78 is 1.55. The second kappa shape index (κ2) is 3.89. The normalized spacial score (nSPS) is 10.4. The lowest BCUT2D eigenvalue weighted by molar-refractivity contribution is 0.173. The molecule has 16 heavy (non-hydrogen) atoms. The zero-order valence-corrected chi connectivity index (χ0v) is 10.2. The predicted molar refractivity (Wildman–Crippen MR) is 63.9 cm³/mol. The van der Waals surface area contributed by atoms with Crippen LogP contribution in [0, 0.1) is 18.3 Å². The van der Waals surface area contributed by atoms with E-state index in [-0.39, 0.29) is 0 Å². The summed E-state index contributed by atoms with van der Waals surface area (Å²) in [6.07, 6.45) is 0. The molecule has 2 rings (SSSR count). The zero-order valence-electron chi connectivity index (χ0n) is 8.71. The Labute approximate surface area is 103 Å². The van der Waals surface area contributed by atoms with E-state index >= 15 is 0 Å². The van der Waals surface area contributed by atoms with Crippen LogP contribution in [0.3, 0.4) is 0 Å². The Bertz CT molecular complexity index is 611. The van der Waals surface area contributed by atoms with Crippen molar-refractivity contribution in [3.05, 3.63) is 33.4 Å². The van der Waals surface area contributed by atoms with E-state index in [0.717, 1.165) is 0 Å². The monoisotopic (exact) mass is 254 g/mol. The van der Waals surface area contributed by atoms with E-state index in [1.54, 1.807) is 23.8 Å². The van der Waals surface area contributed by atoms with E-state index in [9.17, 15) is 0 Å². The molecule has 0 bridgehead atoms. The molecule has 0 saturated heterocycles. The molecular formula is C11H8Cl2N2O. The third-order valence-electron chi connectivity index (χ3n) is 2.46. The Balaban J connectivity index is 3.02. The van der Waals surface area contributed by atoms with Crippen LogP contribution in [0.2, 0.25) is 10.0 Å². The lowest BCUT2D eigenvalue weighted by Gasteiger charge is -2.05. The van der Waals surface area contributed by atoms with Gasteiger partial charge in [-0.3, -0.25) is 0 Å². The summed E-state index contributed by atoms with van der Waals surface area (Å²) in [5.74, 6) is 0. The van der Waals surface area contributed by atoms with Crippen LogP contribution in [0.15, 0.2) is 12.1 Å². The molecule has 1 aromatic heterocycles. The quantitative estimate of drug-likeness (QED) is 0.784. The number of halogens is 2. The highest BCUT2D eigenvalue weighted by Gasteiger charge is 2.17. The molecule has 0 aliphatic rings. The molecule has 0 spiro atoms. The van der Waals surface area contributed by atoms with Crippen molar-refractivity contribution in [1.82, 2.24) is 4.73 Å². The van der Waals surface area contributed by atoms with E-state index in [0.29, 0.717) is 32.2 Å². The van der Waals surface area contributed by atoms with Gasteiger partial charge in [0.1, 0.15) is 13.2 Å². The van der Waals surface area contributed by atoms with Gasteiger partial charge in [0, 0.05) is 10.4 Å². The number of aromatic nitrogens is 1. The molecular weight excluding hydrogens is 247 g/mol. The van der Waals surface area contributed by atoms with Gasteiger partial charge in [-0.25, -0.2) is 0 Å². The van der Waals surface area contributed by atoms with Gasteiger partial charge in [0.2, 0.25) is 0 Å². The predicted octanol–water partition coefficient (Wildman–Crippen LogP) is 3.19. The van der Waals surface area contributed by atoms with Gasteiger partial charge >= 0.3 is 0 Å². The lowest BCUT2D eigenvalue weighted by atomic mass is 10.1. The van der Waals surface area contributed by atoms with Crippen molar-refractivity contribution < 1.29 is 4.84 Å². The Hall–Kier alpha value is -1.37. The van der Waals surface area contributed by atoms with Crippen LogP contribution < -0.4 is 4.84 Å². The Morgan fingerprint density at radius 3 is 2.62 bits per heavy atom. The minimum atomic E-state index is 0.456. The van der Waals surface area contributed by atoms with Gasteiger partial charge in [-0.05, 0) is 19.1 Å². The van der Waals surface area contributed by atoms with Gasteiger partial charge in [-0.2, -0.15) is 9.99 Å².